The molecule has 1 fully saturated rings. The molecule has 0 spiro atoms. The van der Waals surface area contributed by atoms with Crippen molar-refractivity contribution in [2.75, 3.05) is 18.5 Å². The minimum atomic E-state index is -4.37. The minimum Gasteiger partial charge on any atom is -0.387 e. The van der Waals surface area contributed by atoms with Gasteiger partial charge in [-0.3, -0.25) is 9.35 Å². The fourth-order valence-corrected chi connectivity index (χ4v) is 2.71. The van der Waals surface area contributed by atoms with Crippen molar-refractivity contribution < 1.29 is 22.5 Å². The number of hydrogen-bond donors (Lipinski definition) is 3. The van der Waals surface area contributed by atoms with Crippen LogP contribution in [0.5, 0.6) is 0 Å². The molecule has 9 heteroatoms. The van der Waals surface area contributed by atoms with Crippen LogP contribution in [0.15, 0.2) is 40.9 Å². The van der Waals surface area contributed by atoms with Gasteiger partial charge in [-0.15, -0.1) is 0 Å². The standard InChI is InChI=1S/C15H17N3O5S/c16-8-11(9-17-10-13-4-2-6-23-13)15(19)18-12-3-1-5-14(7-12)24(20,21)22/h1,3,5,7,9,13,17H,2,4,6,10H2,(H,18,19)(H,20,21,22)/b11-9-. The van der Waals surface area contributed by atoms with Crippen molar-refractivity contribution in [3.8, 4) is 6.07 Å². The van der Waals surface area contributed by atoms with E-state index >= 15 is 0 Å². The zero-order valence-electron chi connectivity index (χ0n) is 12.7. The Hall–Kier alpha value is -2.41. The van der Waals surface area contributed by atoms with Crippen molar-refractivity contribution >= 4 is 21.7 Å². The van der Waals surface area contributed by atoms with Gasteiger partial charge in [0.25, 0.3) is 16.0 Å². The lowest BCUT2D eigenvalue weighted by Gasteiger charge is -2.09. The number of carbonyl (C=O) groups is 1. The van der Waals surface area contributed by atoms with E-state index < -0.39 is 16.0 Å². The smallest absolute Gasteiger partial charge is 0.294 e. The highest BCUT2D eigenvalue weighted by atomic mass is 32.2. The molecular weight excluding hydrogens is 334 g/mol. The van der Waals surface area contributed by atoms with Gasteiger partial charge in [0.05, 0.1) is 11.0 Å². The van der Waals surface area contributed by atoms with Crippen LogP contribution in [0.3, 0.4) is 0 Å². The molecule has 0 bridgehead atoms. The minimum absolute atomic E-state index is 0.0655. The molecule has 24 heavy (non-hydrogen) atoms. The van der Waals surface area contributed by atoms with E-state index in [1.165, 1.54) is 24.4 Å². The fraction of sp³-hybridized carbons (Fsp3) is 0.333. The van der Waals surface area contributed by atoms with Crippen LogP contribution in [0.25, 0.3) is 0 Å². The summed E-state index contributed by atoms with van der Waals surface area (Å²) in [5.41, 5.74) is -0.0133. The molecule has 1 unspecified atom stereocenters. The van der Waals surface area contributed by atoms with Crippen LogP contribution < -0.4 is 10.6 Å². The van der Waals surface area contributed by atoms with Crippen molar-refractivity contribution in [3.63, 3.8) is 0 Å². The lowest BCUT2D eigenvalue weighted by atomic mass is 10.2. The Morgan fingerprint density at radius 1 is 1.50 bits per heavy atom. The molecule has 0 saturated carbocycles. The number of nitrogens with zero attached hydrogens (tertiary/aromatic N) is 1. The highest BCUT2D eigenvalue weighted by molar-refractivity contribution is 7.85. The van der Waals surface area contributed by atoms with Gasteiger partial charge >= 0.3 is 0 Å². The van der Waals surface area contributed by atoms with E-state index in [1.54, 1.807) is 6.07 Å². The largest absolute Gasteiger partial charge is 0.387 e. The van der Waals surface area contributed by atoms with Gasteiger partial charge in [-0.05, 0) is 31.0 Å². The zero-order valence-corrected chi connectivity index (χ0v) is 13.5. The number of nitriles is 1. The fourth-order valence-electron chi connectivity index (χ4n) is 2.18. The Morgan fingerprint density at radius 3 is 2.92 bits per heavy atom. The van der Waals surface area contributed by atoms with Crippen LogP contribution in [-0.2, 0) is 19.6 Å². The lowest BCUT2D eigenvalue weighted by molar-refractivity contribution is -0.112. The molecule has 3 N–H and O–H groups in total. The first-order chi connectivity index (χ1) is 11.4. The third-order valence-electron chi connectivity index (χ3n) is 3.37. The normalized spacial score (nSPS) is 18.0. The molecule has 128 valence electrons. The highest BCUT2D eigenvalue weighted by Crippen LogP contribution is 2.16. The number of rotatable bonds is 6. The van der Waals surface area contributed by atoms with E-state index in [-0.39, 0.29) is 22.3 Å². The summed E-state index contributed by atoms with van der Waals surface area (Å²) in [6, 6.07) is 6.87. The molecule has 0 radical (unpaired) electrons. The third kappa shape index (κ3) is 5.06. The first-order valence-corrected chi connectivity index (χ1v) is 8.68. The van der Waals surface area contributed by atoms with Gasteiger partial charge in [-0.25, -0.2) is 0 Å². The van der Waals surface area contributed by atoms with Crippen molar-refractivity contribution in [3.05, 3.63) is 36.0 Å². The van der Waals surface area contributed by atoms with E-state index in [1.807, 2.05) is 0 Å². The SMILES string of the molecule is N#C/C(=C/NCC1CCCO1)C(=O)Nc1cccc(S(=O)(=O)O)c1. The zero-order chi connectivity index (χ0) is 17.6. The van der Waals surface area contributed by atoms with Gasteiger partial charge in [-0.2, -0.15) is 13.7 Å². The number of anilines is 1. The van der Waals surface area contributed by atoms with Gasteiger partial charge < -0.3 is 15.4 Å². The van der Waals surface area contributed by atoms with E-state index in [4.69, 9.17) is 14.6 Å². The van der Waals surface area contributed by atoms with Crippen molar-refractivity contribution in [1.29, 1.82) is 5.26 Å². The van der Waals surface area contributed by atoms with Gasteiger partial charge in [0.15, 0.2) is 0 Å². The third-order valence-corrected chi connectivity index (χ3v) is 4.22. The molecule has 1 amide bonds. The second-order valence-corrected chi connectivity index (χ2v) is 6.59. The molecule has 1 heterocycles. The quantitative estimate of drug-likeness (QED) is 0.397. The van der Waals surface area contributed by atoms with Gasteiger partial charge in [0.1, 0.15) is 11.6 Å². The maximum absolute atomic E-state index is 12.0. The first kappa shape index (κ1) is 17.9. The van der Waals surface area contributed by atoms with Crippen molar-refractivity contribution in [2.24, 2.45) is 0 Å². The Morgan fingerprint density at radius 2 is 2.29 bits per heavy atom. The Kier molecular flexibility index (Phi) is 5.92. The molecule has 8 nitrogen and oxygen atoms in total. The van der Waals surface area contributed by atoms with Gasteiger partial charge in [0, 0.05) is 25.0 Å². The van der Waals surface area contributed by atoms with Gasteiger partial charge in [-0.1, -0.05) is 6.07 Å². The second-order valence-electron chi connectivity index (χ2n) is 5.17. The summed E-state index contributed by atoms with van der Waals surface area (Å²) in [5.74, 6) is -0.690. The number of amides is 1. The number of carbonyl (C=O) groups excluding carboxylic acids is 1. The number of nitrogens with one attached hydrogen (secondary N) is 2. The van der Waals surface area contributed by atoms with Gasteiger partial charge in [0.2, 0.25) is 0 Å². The predicted octanol–water partition coefficient (Wildman–Crippen LogP) is 1.05. The summed E-state index contributed by atoms with van der Waals surface area (Å²) >= 11 is 0. The molecule has 2 rings (SSSR count). The summed E-state index contributed by atoms with van der Waals surface area (Å²) < 4.78 is 36.6. The van der Waals surface area contributed by atoms with Crippen molar-refractivity contribution in [2.45, 2.75) is 23.8 Å². The molecule has 1 aromatic rings. The monoisotopic (exact) mass is 351 g/mol. The van der Waals surface area contributed by atoms with Crippen molar-refractivity contribution in [1.82, 2.24) is 5.32 Å². The lowest BCUT2D eigenvalue weighted by Crippen LogP contribution is -2.24. The molecule has 0 aliphatic carbocycles. The molecule has 1 aliphatic heterocycles. The van der Waals surface area contributed by atoms with E-state index in [2.05, 4.69) is 10.6 Å². The average Bonchev–Trinajstić information content (AvgIpc) is 3.04. The number of ether oxygens (including phenoxy) is 1. The maximum atomic E-state index is 12.0. The molecule has 1 aromatic carbocycles. The van der Waals surface area contributed by atoms with Crippen LogP contribution in [0, 0.1) is 11.3 Å². The molecule has 0 aromatic heterocycles. The van der Waals surface area contributed by atoms with Crippen LogP contribution in [0.4, 0.5) is 5.69 Å². The maximum Gasteiger partial charge on any atom is 0.294 e. The van der Waals surface area contributed by atoms with Crippen LogP contribution in [0.1, 0.15) is 12.8 Å². The topological polar surface area (TPSA) is 129 Å². The Labute approximate surface area is 139 Å². The van der Waals surface area contributed by atoms with E-state index in [9.17, 15) is 13.2 Å². The molecule has 1 saturated heterocycles. The van der Waals surface area contributed by atoms with E-state index in [0.717, 1.165) is 18.9 Å². The van der Waals surface area contributed by atoms with Crippen LogP contribution in [-0.4, -0.2) is 38.1 Å². The summed E-state index contributed by atoms with van der Waals surface area (Å²) in [6.07, 6.45) is 3.28. The summed E-state index contributed by atoms with van der Waals surface area (Å²) in [6.45, 7) is 1.21. The van der Waals surface area contributed by atoms with Crippen LogP contribution >= 0.6 is 0 Å². The molecule has 1 aliphatic rings. The second kappa shape index (κ2) is 7.92. The number of hydrogen-bond acceptors (Lipinski definition) is 6. The summed E-state index contributed by atoms with van der Waals surface area (Å²) in [5, 5.41) is 14.3. The first-order valence-electron chi connectivity index (χ1n) is 7.24. The molecule has 1 atom stereocenters. The predicted molar refractivity (Wildman–Crippen MR) is 85.6 cm³/mol. The van der Waals surface area contributed by atoms with E-state index in [0.29, 0.717) is 13.2 Å². The Balaban J connectivity index is 2.00. The van der Waals surface area contributed by atoms with Crippen LogP contribution in [0.2, 0.25) is 0 Å². The molecular formula is C15H17N3O5S. The summed E-state index contributed by atoms with van der Waals surface area (Å²) in [7, 11) is -4.37. The number of benzene rings is 1. The highest BCUT2D eigenvalue weighted by Gasteiger charge is 2.16. The average molecular weight is 351 g/mol. The Bertz CT molecular complexity index is 777. The summed E-state index contributed by atoms with van der Waals surface area (Å²) in [4.78, 5) is 11.7.